The number of hydrogen-bond donors (Lipinski definition) is 0. The summed E-state index contributed by atoms with van der Waals surface area (Å²) in [6.07, 6.45) is 0. The van der Waals surface area contributed by atoms with Crippen molar-refractivity contribution >= 4 is 5.97 Å². The molecule has 0 spiro atoms. The number of fused-ring (bicyclic) bond motifs is 1. The van der Waals surface area contributed by atoms with Gasteiger partial charge in [0.05, 0.1) is 6.61 Å². The van der Waals surface area contributed by atoms with Crippen molar-refractivity contribution in [1.82, 2.24) is 0 Å². The molecule has 0 saturated heterocycles. The fourth-order valence-electron chi connectivity index (χ4n) is 2.21. The molecular formula is C15H16O3. The summed E-state index contributed by atoms with van der Waals surface area (Å²) in [4.78, 5) is 12.1. The van der Waals surface area contributed by atoms with Gasteiger partial charge < -0.3 is 9.47 Å². The van der Waals surface area contributed by atoms with Crippen LogP contribution in [0.25, 0.3) is 0 Å². The number of hydrogen-bond acceptors (Lipinski definition) is 3. The van der Waals surface area contributed by atoms with E-state index in [0.29, 0.717) is 13.2 Å². The maximum absolute atomic E-state index is 12.1. The molecule has 0 N–H and O–H groups in total. The number of esters is 1. The lowest BCUT2D eigenvalue weighted by molar-refractivity contribution is -0.149. The second-order valence-corrected chi connectivity index (χ2v) is 4.39. The molecule has 0 bridgehead atoms. The first-order valence-electron chi connectivity index (χ1n) is 5.99. The molecule has 94 valence electrons. The smallest absolute Gasteiger partial charge is 0.319 e. The molecule has 0 fully saturated rings. The number of benzene rings is 1. The quantitative estimate of drug-likeness (QED) is 0.591. The molecule has 1 atom stereocenters. The number of carbonyl (C=O) groups excluding carboxylic acids is 1. The van der Waals surface area contributed by atoms with E-state index in [1.807, 2.05) is 25.1 Å². The predicted octanol–water partition coefficient (Wildman–Crippen LogP) is 2.27. The highest BCUT2D eigenvalue weighted by Crippen LogP contribution is 2.41. The van der Waals surface area contributed by atoms with Crippen LogP contribution in [-0.2, 0) is 14.9 Å². The van der Waals surface area contributed by atoms with E-state index < -0.39 is 5.41 Å². The van der Waals surface area contributed by atoms with Gasteiger partial charge in [0.1, 0.15) is 17.8 Å². The van der Waals surface area contributed by atoms with Crippen molar-refractivity contribution in [2.45, 2.75) is 26.2 Å². The zero-order valence-electron chi connectivity index (χ0n) is 10.9. The first-order chi connectivity index (χ1) is 8.63. The fourth-order valence-corrected chi connectivity index (χ4v) is 2.21. The SMILES string of the molecule is CC#Cc1cccc2c1C(C)(C(=O)OCC)CO2. The van der Waals surface area contributed by atoms with Gasteiger partial charge in [0.15, 0.2) is 0 Å². The average Bonchev–Trinajstić information content (AvgIpc) is 2.71. The first-order valence-corrected chi connectivity index (χ1v) is 5.99. The standard InChI is InChI=1S/C15H16O3/c1-4-7-11-8-6-9-12-13(11)15(3,10-18-12)14(16)17-5-2/h6,8-9H,5,10H2,1-3H3. The van der Waals surface area contributed by atoms with Gasteiger partial charge in [-0.3, -0.25) is 4.79 Å². The lowest BCUT2D eigenvalue weighted by Gasteiger charge is -2.21. The summed E-state index contributed by atoms with van der Waals surface area (Å²) in [6, 6.07) is 5.65. The minimum atomic E-state index is -0.758. The maximum Gasteiger partial charge on any atom is 0.319 e. The number of rotatable bonds is 2. The number of carbonyl (C=O) groups is 1. The molecule has 0 aliphatic carbocycles. The Morgan fingerprint density at radius 3 is 3.00 bits per heavy atom. The minimum absolute atomic E-state index is 0.255. The van der Waals surface area contributed by atoms with E-state index in [1.54, 1.807) is 13.8 Å². The highest BCUT2D eigenvalue weighted by atomic mass is 16.5. The largest absolute Gasteiger partial charge is 0.492 e. The van der Waals surface area contributed by atoms with E-state index in [-0.39, 0.29) is 5.97 Å². The van der Waals surface area contributed by atoms with Crippen molar-refractivity contribution in [3.8, 4) is 17.6 Å². The molecule has 3 heteroatoms. The van der Waals surface area contributed by atoms with Crippen LogP contribution in [0.2, 0.25) is 0 Å². The van der Waals surface area contributed by atoms with Crippen LogP contribution in [0.5, 0.6) is 5.75 Å². The molecule has 2 rings (SSSR count). The van der Waals surface area contributed by atoms with Crippen LogP contribution in [0.4, 0.5) is 0 Å². The molecule has 1 aliphatic rings. The molecule has 3 nitrogen and oxygen atoms in total. The molecule has 1 unspecified atom stereocenters. The van der Waals surface area contributed by atoms with Crippen LogP contribution in [0.15, 0.2) is 18.2 Å². The molecule has 0 amide bonds. The van der Waals surface area contributed by atoms with Crippen LogP contribution in [0, 0.1) is 11.8 Å². The van der Waals surface area contributed by atoms with E-state index in [1.165, 1.54) is 0 Å². The Morgan fingerprint density at radius 2 is 2.33 bits per heavy atom. The lowest BCUT2D eigenvalue weighted by Crippen LogP contribution is -2.36. The van der Waals surface area contributed by atoms with Gasteiger partial charge in [-0.25, -0.2) is 0 Å². The molecule has 1 aromatic rings. The van der Waals surface area contributed by atoms with Crippen molar-refractivity contribution in [1.29, 1.82) is 0 Å². The lowest BCUT2D eigenvalue weighted by atomic mass is 9.82. The van der Waals surface area contributed by atoms with Crippen molar-refractivity contribution in [2.24, 2.45) is 0 Å². The van der Waals surface area contributed by atoms with E-state index in [9.17, 15) is 4.79 Å². The number of ether oxygens (including phenoxy) is 2. The molecule has 1 aliphatic heterocycles. The van der Waals surface area contributed by atoms with Gasteiger partial charge in [0.25, 0.3) is 0 Å². The summed E-state index contributed by atoms with van der Waals surface area (Å²) in [7, 11) is 0. The van der Waals surface area contributed by atoms with Crippen LogP contribution in [0.1, 0.15) is 31.9 Å². The van der Waals surface area contributed by atoms with E-state index in [0.717, 1.165) is 16.9 Å². The van der Waals surface area contributed by atoms with Gasteiger partial charge in [-0.15, -0.1) is 5.92 Å². The summed E-state index contributed by atoms with van der Waals surface area (Å²) in [5.41, 5.74) is 0.923. The van der Waals surface area contributed by atoms with Gasteiger partial charge in [-0.05, 0) is 32.9 Å². The molecular weight excluding hydrogens is 228 g/mol. The molecule has 0 aromatic heterocycles. The Bertz CT molecular complexity index is 536. The highest BCUT2D eigenvalue weighted by Gasteiger charge is 2.45. The second-order valence-electron chi connectivity index (χ2n) is 4.39. The molecule has 0 radical (unpaired) electrons. The molecule has 0 saturated carbocycles. The van der Waals surface area contributed by atoms with E-state index >= 15 is 0 Å². The normalized spacial score (nSPS) is 20.4. The third-order valence-corrected chi connectivity index (χ3v) is 3.08. The Labute approximate surface area is 107 Å². The second kappa shape index (κ2) is 4.73. The van der Waals surface area contributed by atoms with E-state index in [2.05, 4.69) is 11.8 Å². The van der Waals surface area contributed by atoms with Gasteiger partial charge in [-0.2, -0.15) is 0 Å². The third-order valence-electron chi connectivity index (χ3n) is 3.08. The fraction of sp³-hybridized carbons (Fsp3) is 0.400. The van der Waals surface area contributed by atoms with Gasteiger partial charge in [0, 0.05) is 11.1 Å². The Kier molecular flexibility index (Phi) is 3.29. The maximum atomic E-state index is 12.1. The Balaban J connectivity index is 2.53. The highest BCUT2D eigenvalue weighted by molar-refractivity contribution is 5.86. The Hall–Kier alpha value is -1.95. The van der Waals surface area contributed by atoms with Crippen molar-refractivity contribution in [3.05, 3.63) is 29.3 Å². The first kappa shape index (κ1) is 12.5. The minimum Gasteiger partial charge on any atom is -0.492 e. The van der Waals surface area contributed by atoms with Gasteiger partial charge in [0.2, 0.25) is 0 Å². The summed E-state index contributed by atoms with van der Waals surface area (Å²) in [5, 5.41) is 0. The summed E-state index contributed by atoms with van der Waals surface area (Å²) in [5.74, 6) is 6.36. The third kappa shape index (κ3) is 1.84. The van der Waals surface area contributed by atoms with Crippen LogP contribution < -0.4 is 4.74 Å². The van der Waals surface area contributed by atoms with Crippen molar-refractivity contribution in [2.75, 3.05) is 13.2 Å². The van der Waals surface area contributed by atoms with E-state index in [4.69, 9.17) is 9.47 Å². The molecule has 1 heterocycles. The van der Waals surface area contributed by atoms with Crippen molar-refractivity contribution < 1.29 is 14.3 Å². The topological polar surface area (TPSA) is 35.5 Å². The molecule has 1 aromatic carbocycles. The zero-order chi connectivity index (χ0) is 13.2. The summed E-state index contributed by atoms with van der Waals surface area (Å²) < 4.78 is 10.8. The zero-order valence-corrected chi connectivity index (χ0v) is 10.9. The van der Waals surface area contributed by atoms with Crippen LogP contribution in [0.3, 0.4) is 0 Å². The summed E-state index contributed by atoms with van der Waals surface area (Å²) in [6.45, 7) is 6.10. The Morgan fingerprint density at radius 1 is 1.56 bits per heavy atom. The van der Waals surface area contributed by atoms with Crippen molar-refractivity contribution in [3.63, 3.8) is 0 Å². The summed E-state index contributed by atoms with van der Waals surface area (Å²) >= 11 is 0. The van der Waals surface area contributed by atoms with Gasteiger partial charge >= 0.3 is 5.97 Å². The van der Waals surface area contributed by atoms with Gasteiger partial charge in [-0.1, -0.05) is 12.0 Å². The monoisotopic (exact) mass is 244 g/mol. The van der Waals surface area contributed by atoms with Crippen LogP contribution in [-0.4, -0.2) is 19.2 Å². The predicted molar refractivity (Wildman–Crippen MR) is 68.5 cm³/mol. The van der Waals surface area contributed by atoms with Crippen LogP contribution >= 0.6 is 0 Å². The average molecular weight is 244 g/mol. The molecule has 18 heavy (non-hydrogen) atoms.